The van der Waals surface area contributed by atoms with Crippen molar-refractivity contribution in [1.29, 1.82) is 0 Å². The summed E-state index contributed by atoms with van der Waals surface area (Å²) in [6.07, 6.45) is 6.29. The summed E-state index contributed by atoms with van der Waals surface area (Å²) in [5, 5.41) is 8.81. The molecule has 1 N–H and O–H groups in total. The molecule has 7 heteroatoms. The molecule has 3 rings (SSSR count). The van der Waals surface area contributed by atoms with Gasteiger partial charge in [-0.1, -0.05) is 18.2 Å². The monoisotopic (exact) mass is 277 g/mol. The molecule has 0 saturated carbocycles. The summed E-state index contributed by atoms with van der Waals surface area (Å²) in [6, 6.07) is 0. The molecule has 0 aromatic carbocycles. The number of nitrogens with one attached hydrogen (secondary N) is 1. The lowest BCUT2D eigenvalue weighted by Gasteiger charge is -2.12. The standard InChI is InChI=1S/C12H15N5OS/c1-17-10-8(6-16-17)12(15-7-14-10)19-9-4-2-3-5-13-11(9)18/h6-7,9H,2-5H2,1H3,(H,13,18)/t9-/m0/s1. The van der Waals surface area contributed by atoms with Crippen LogP contribution in [-0.4, -0.2) is 37.5 Å². The number of amides is 1. The van der Waals surface area contributed by atoms with Crippen LogP contribution in [-0.2, 0) is 11.8 Å². The normalized spacial score (nSPS) is 20.3. The summed E-state index contributed by atoms with van der Waals surface area (Å²) < 4.78 is 1.72. The van der Waals surface area contributed by atoms with E-state index in [2.05, 4.69) is 20.4 Å². The average Bonchev–Trinajstić information content (AvgIpc) is 2.67. The summed E-state index contributed by atoms with van der Waals surface area (Å²) in [5.41, 5.74) is 0.798. The minimum atomic E-state index is -0.0687. The molecule has 2 aromatic rings. The molecule has 2 aromatic heterocycles. The van der Waals surface area contributed by atoms with E-state index in [1.54, 1.807) is 10.9 Å². The second kappa shape index (κ2) is 5.16. The van der Waals surface area contributed by atoms with E-state index >= 15 is 0 Å². The van der Waals surface area contributed by atoms with Crippen LogP contribution >= 0.6 is 11.8 Å². The minimum Gasteiger partial charge on any atom is -0.355 e. The van der Waals surface area contributed by atoms with Gasteiger partial charge in [-0.3, -0.25) is 9.48 Å². The van der Waals surface area contributed by atoms with Crippen LogP contribution in [0.3, 0.4) is 0 Å². The van der Waals surface area contributed by atoms with E-state index in [1.807, 2.05) is 7.05 Å². The molecule has 0 unspecified atom stereocenters. The molecular formula is C12H15N5OS. The third-order valence-electron chi connectivity index (χ3n) is 3.23. The number of aryl methyl sites for hydroxylation is 1. The fraction of sp³-hybridized carbons (Fsp3) is 0.500. The van der Waals surface area contributed by atoms with Crippen LogP contribution in [0.4, 0.5) is 0 Å². The highest BCUT2D eigenvalue weighted by molar-refractivity contribution is 8.00. The molecule has 1 amide bonds. The first kappa shape index (κ1) is 12.4. The van der Waals surface area contributed by atoms with Gasteiger partial charge in [0.05, 0.1) is 16.8 Å². The van der Waals surface area contributed by atoms with Crippen LogP contribution in [0.15, 0.2) is 17.6 Å². The zero-order valence-corrected chi connectivity index (χ0v) is 11.5. The zero-order valence-electron chi connectivity index (χ0n) is 10.7. The number of thioether (sulfide) groups is 1. The van der Waals surface area contributed by atoms with Gasteiger partial charge in [0.25, 0.3) is 0 Å². The molecule has 19 heavy (non-hydrogen) atoms. The van der Waals surface area contributed by atoms with Crippen molar-refractivity contribution < 1.29 is 4.79 Å². The van der Waals surface area contributed by atoms with Gasteiger partial charge in [-0.05, 0) is 12.8 Å². The summed E-state index contributed by atoms with van der Waals surface area (Å²) in [4.78, 5) is 20.5. The number of nitrogens with zero attached hydrogens (tertiary/aromatic N) is 4. The maximum atomic E-state index is 12.0. The molecular weight excluding hydrogens is 262 g/mol. The molecule has 0 radical (unpaired) electrons. The Hall–Kier alpha value is -1.63. The van der Waals surface area contributed by atoms with Crippen molar-refractivity contribution >= 4 is 28.7 Å². The first-order chi connectivity index (χ1) is 9.25. The molecule has 3 heterocycles. The summed E-state index contributed by atoms with van der Waals surface area (Å²) in [6.45, 7) is 0.780. The van der Waals surface area contributed by atoms with Crippen LogP contribution in [0.1, 0.15) is 19.3 Å². The maximum absolute atomic E-state index is 12.0. The number of carbonyl (C=O) groups excluding carboxylic acids is 1. The Balaban J connectivity index is 1.90. The highest BCUT2D eigenvalue weighted by Crippen LogP contribution is 2.30. The van der Waals surface area contributed by atoms with Crippen LogP contribution in [0.25, 0.3) is 11.0 Å². The fourth-order valence-electron chi connectivity index (χ4n) is 2.19. The van der Waals surface area contributed by atoms with E-state index in [1.165, 1.54) is 18.1 Å². The lowest BCUT2D eigenvalue weighted by Crippen LogP contribution is -2.30. The Morgan fingerprint density at radius 3 is 3.21 bits per heavy atom. The third-order valence-corrected chi connectivity index (χ3v) is 4.51. The first-order valence-corrected chi connectivity index (χ1v) is 7.21. The Kier molecular flexibility index (Phi) is 3.37. The predicted molar refractivity (Wildman–Crippen MR) is 72.8 cm³/mol. The Morgan fingerprint density at radius 2 is 2.32 bits per heavy atom. The van der Waals surface area contributed by atoms with Gasteiger partial charge in [0.1, 0.15) is 11.4 Å². The van der Waals surface area contributed by atoms with E-state index in [0.29, 0.717) is 0 Å². The molecule has 1 aliphatic heterocycles. The van der Waals surface area contributed by atoms with Crippen molar-refractivity contribution in [3.8, 4) is 0 Å². The fourth-order valence-corrected chi connectivity index (χ4v) is 3.32. The van der Waals surface area contributed by atoms with Gasteiger partial charge < -0.3 is 5.32 Å². The van der Waals surface area contributed by atoms with E-state index in [-0.39, 0.29) is 11.2 Å². The number of fused-ring (bicyclic) bond motifs is 1. The van der Waals surface area contributed by atoms with Crippen molar-refractivity contribution in [2.75, 3.05) is 6.54 Å². The van der Waals surface area contributed by atoms with Crippen LogP contribution < -0.4 is 5.32 Å². The zero-order chi connectivity index (χ0) is 13.2. The summed E-state index contributed by atoms with van der Waals surface area (Å²) in [5.74, 6) is 0.109. The molecule has 1 aliphatic rings. The van der Waals surface area contributed by atoms with Gasteiger partial charge in [-0.15, -0.1) is 0 Å². The van der Waals surface area contributed by atoms with Gasteiger partial charge >= 0.3 is 0 Å². The Bertz CT molecular complexity index is 611. The van der Waals surface area contributed by atoms with E-state index < -0.39 is 0 Å². The lowest BCUT2D eigenvalue weighted by molar-refractivity contribution is -0.120. The van der Waals surface area contributed by atoms with Gasteiger partial charge in [-0.25, -0.2) is 9.97 Å². The van der Waals surface area contributed by atoms with Crippen molar-refractivity contribution in [2.45, 2.75) is 29.5 Å². The number of hydrogen-bond donors (Lipinski definition) is 1. The lowest BCUT2D eigenvalue weighted by atomic mass is 10.2. The van der Waals surface area contributed by atoms with Crippen molar-refractivity contribution in [3.05, 3.63) is 12.5 Å². The van der Waals surface area contributed by atoms with Crippen molar-refractivity contribution in [2.24, 2.45) is 7.05 Å². The number of rotatable bonds is 2. The van der Waals surface area contributed by atoms with Gasteiger partial charge in [0.15, 0.2) is 5.65 Å². The summed E-state index contributed by atoms with van der Waals surface area (Å²) >= 11 is 1.51. The Labute approximate surface area is 115 Å². The number of carbonyl (C=O) groups is 1. The third kappa shape index (κ3) is 2.42. The highest BCUT2D eigenvalue weighted by Gasteiger charge is 2.23. The topological polar surface area (TPSA) is 72.7 Å². The highest BCUT2D eigenvalue weighted by atomic mass is 32.2. The van der Waals surface area contributed by atoms with E-state index in [4.69, 9.17) is 0 Å². The number of hydrogen-bond acceptors (Lipinski definition) is 5. The van der Waals surface area contributed by atoms with Crippen LogP contribution in [0.5, 0.6) is 0 Å². The molecule has 0 spiro atoms. The largest absolute Gasteiger partial charge is 0.355 e. The van der Waals surface area contributed by atoms with Crippen LogP contribution in [0.2, 0.25) is 0 Å². The second-order valence-electron chi connectivity index (χ2n) is 4.58. The molecule has 0 bridgehead atoms. The molecule has 1 atom stereocenters. The maximum Gasteiger partial charge on any atom is 0.233 e. The smallest absolute Gasteiger partial charge is 0.233 e. The second-order valence-corrected chi connectivity index (χ2v) is 5.77. The number of aromatic nitrogens is 4. The minimum absolute atomic E-state index is 0.0687. The molecule has 100 valence electrons. The van der Waals surface area contributed by atoms with Crippen LogP contribution in [0, 0.1) is 0 Å². The van der Waals surface area contributed by atoms with E-state index in [9.17, 15) is 4.79 Å². The molecule has 6 nitrogen and oxygen atoms in total. The molecule has 1 saturated heterocycles. The van der Waals surface area contributed by atoms with E-state index in [0.717, 1.165) is 41.9 Å². The Morgan fingerprint density at radius 1 is 1.42 bits per heavy atom. The van der Waals surface area contributed by atoms with Crippen molar-refractivity contribution in [1.82, 2.24) is 25.1 Å². The van der Waals surface area contributed by atoms with Gasteiger partial charge in [0.2, 0.25) is 5.91 Å². The van der Waals surface area contributed by atoms with Crippen molar-refractivity contribution in [3.63, 3.8) is 0 Å². The molecule has 1 fully saturated rings. The van der Waals surface area contributed by atoms with Gasteiger partial charge in [-0.2, -0.15) is 5.10 Å². The SMILES string of the molecule is Cn1ncc2c(S[C@H]3CCCCNC3=O)ncnc21. The van der Waals surface area contributed by atoms with Gasteiger partial charge in [0, 0.05) is 13.6 Å². The predicted octanol–water partition coefficient (Wildman–Crippen LogP) is 1.12. The molecule has 0 aliphatic carbocycles. The first-order valence-electron chi connectivity index (χ1n) is 6.33. The quantitative estimate of drug-likeness (QED) is 0.833. The summed E-state index contributed by atoms with van der Waals surface area (Å²) in [7, 11) is 1.85. The average molecular weight is 277 g/mol.